The van der Waals surface area contributed by atoms with Crippen LogP contribution >= 0.6 is 0 Å². The maximum absolute atomic E-state index is 11.8. The third-order valence-corrected chi connectivity index (χ3v) is 5.68. The second-order valence-corrected chi connectivity index (χ2v) is 9.93. The minimum absolute atomic E-state index is 0.0264. The Bertz CT molecular complexity index is 827. The fourth-order valence-electron chi connectivity index (χ4n) is 3.74. The number of fused-ring (bicyclic) bond motifs is 1. The first kappa shape index (κ1) is 30.4. The van der Waals surface area contributed by atoms with Gasteiger partial charge < -0.3 is 32.2 Å². The van der Waals surface area contributed by atoms with Gasteiger partial charge in [0, 0.05) is 19.3 Å². The van der Waals surface area contributed by atoms with E-state index in [2.05, 4.69) is 32.8 Å². The maximum atomic E-state index is 11.8. The zero-order valence-electron chi connectivity index (χ0n) is 22.4. The van der Waals surface area contributed by atoms with Crippen LogP contribution in [0.1, 0.15) is 71.9 Å². The molecule has 2 aliphatic rings. The monoisotopic (exact) mass is 491 g/mol. The fraction of sp³-hybridized carbons (Fsp3) is 0.654. The third-order valence-electron chi connectivity index (χ3n) is 5.68. The molecule has 2 aliphatic carbocycles. The van der Waals surface area contributed by atoms with E-state index in [-0.39, 0.29) is 17.7 Å². The number of benzene rings is 1. The Morgan fingerprint density at radius 1 is 0.943 bits per heavy atom. The summed E-state index contributed by atoms with van der Waals surface area (Å²) in [4.78, 5) is 34.7. The summed E-state index contributed by atoms with van der Waals surface area (Å²) in [6, 6.07) is 7.58. The van der Waals surface area contributed by atoms with E-state index < -0.39 is 23.5 Å². The molecule has 0 aliphatic heterocycles. The molecule has 9 nitrogen and oxygen atoms in total. The van der Waals surface area contributed by atoms with Crippen molar-refractivity contribution in [1.29, 1.82) is 0 Å². The van der Waals surface area contributed by atoms with E-state index >= 15 is 0 Å². The van der Waals surface area contributed by atoms with Crippen molar-refractivity contribution in [3.63, 3.8) is 0 Å². The summed E-state index contributed by atoms with van der Waals surface area (Å²) < 4.78 is 4.47. The zero-order chi connectivity index (χ0) is 26.8. The van der Waals surface area contributed by atoms with Crippen LogP contribution < -0.4 is 27.4 Å². The molecule has 0 aromatic heterocycles. The molecular weight excluding hydrogens is 446 g/mol. The molecule has 1 unspecified atom stereocenters. The lowest BCUT2D eigenvalue weighted by atomic mass is 10.0. The Morgan fingerprint density at radius 3 is 1.86 bits per heavy atom. The lowest BCUT2D eigenvalue weighted by Gasteiger charge is -2.25. The smallest absolute Gasteiger partial charge is 0.407 e. The highest BCUT2D eigenvalue weighted by Crippen LogP contribution is 2.29. The molecule has 3 amide bonds. The van der Waals surface area contributed by atoms with Crippen LogP contribution in [0.3, 0.4) is 0 Å². The SMILES string of the molecule is CC.CC(C)CC(=O)NC1(N)Cc2ccccc2C1.COC(=O)NC(C(=O)NC1(N)CC1)C(C)C. The van der Waals surface area contributed by atoms with Crippen LogP contribution in [0.2, 0.25) is 0 Å². The van der Waals surface area contributed by atoms with Crippen LogP contribution in [0.25, 0.3) is 0 Å². The molecule has 0 bridgehead atoms. The predicted octanol–water partition coefficient (Wildman–Crippen LogP) is 2.56. The number of carbonyl (C=O) groups is 3. The summed E-state index contributed by atoms with van der Waals surface area (Å²) in [6.07, 6.45) is 2.94. The lowest BCUT2D eigenvalue weighted by molar-refractivity contribution is -0.125. The van der Waals surface area contributed by atoms with Crippen LogP contribution in [-0.2, 0) is 27.2 Å². The Labute approximate surface area is 210 Å². The Kier molecular flexibility index (Phi) is 11.7. The normalized spacial score (nSPS) is 17.0. The van der Waals surface area contributed by atoms with Gasteiger partial charge in [0.05, 0.1) is 18.4 Å². The summed E-state index contributed by atoms with van der Waals surface area (Å²) in [5.41, 5.74) is 13.4. The molecule has 9 heteroatoms. The molecule has 0 radical (unpaired) electrons. The first-order chi connectivity index (χ1) is 16.4. The number of nitrogens with one attached hydrogen (secondary N) is 3. The van der Waals surface area contributed by atoms with Crippen LogP contribution in [-0.4, -0.2) is 42.4 Å². The second-order valence-electron chi connectivity index (χ2n) is 9.93. The highest BCUT2D eigenvalue weighted by atomic mass is 16.5. The van der Waals surface area contributed by atoms with Gasteiger partial charge in [-0.2, -0.15) is 0 Å². The van der Waals surface area contributed by atoms with E-state index in [1.54, 1.807) is 0 Å². The summed E-state index contributed by atoms with van der Waals surface area (Å²) in [6.45, 7) is 11.8. The standard InChI is InChI=1S/C14H20N2O.C10H19N3O3.C2H6/c1-10(2)7-13(17)16-14(15)8-11-5-3-4-6-12(11)9-14;1-6(2)7(12-9(15)16-3)8(14)13-10(11)4-5-10;1-2/h3-6,10H,7-9,15H2,1-2H3,(H,16,17);6-7H,4-5,11H2,1-3H3,(H,12,15)(H,13,14);1-2H3. The van der Waals surface area contributed by atoms with Gasteiger partial charge in [-0.15, -0.1) is 0 Å². The summed E-state index contributed by atoms with van der Waals surface area (Å²) >= 11 is 0. The lowest BCUT2D eigenvalue weighted by Crippen LogP contribution is -2.56. The number of carbonyl (C=O) groups excluding carboxylic acids is 3. The second kappa shape index (κ2) is 13.4. The van der Waals surface area contributed by atoms with Gasteiger partial charge in [0.15, 0.2) is 0 Å². The average molecular weight is 492 g/mol. The van der Waals surface area contributed by atoms with Crippen molar-refractivity contribution in [2.75, 3.05) is 7.11 Å². The van der Waals surface area contributed by atoms with Gasteiger partial charge in [-0.05, 0) is 35.8 Å². The molecular formula is C26H45N5O4. The van der Waals surface area contributed by atoms with E-state index in [1.807, 2.05) is 53.7 Å². The molecule has 198 valence electrons. The summed E-state index contributed by atoms with van der Waals surface area (Å²) in [5, 5.41) is 8.17. The number of methoxy groups -OCH3 is 1. The van der Waals surface area contributed by atoms with Gasteiger partial charge in [-0.1, -0.05) is 65.8 Å². The third kappa shape index (κ3) is 10.2. The van der Waals surface area contributed by atoms with E-state index in [1.165, 1.54) is 18.2 Å². The van der Waals surface area contributed by atoms with Crippen molar-refractivity contribution in [2.45, 2.75) is 91.0 Å². The molecule has 7 N–H and O–H groups in total. The first-order valence-electron chi connectivity index (χ1n) is 12.5. The van der Waals surface area contributed by atoms with Crippen LogP contribution in [0.4, 0.5) is 4.79 Å². The van der Waals surface area contributed by atoms with Gasteiger partial charge >= 0.3 is 6.09 Å². The van der Waals surface area contributed by atoms with Gasteiger partial charge in [0.2, 0.25) is 11.8 Å². The molecule has 1 atom stereocenters. The number of amides is 3. The van der Waals surface area contributed by atoms with E-state index in [0.717, 1.165) is 25.7 Å². The molecule has 3 rings (SSSR count). The van der Waals surface area contributed by atoms with Gasteiger partial charge in [0.1, 0.15) is 6.04 Å². The van der Waals surface area contributed by atoms with Gasteiger partial charge in [0.25, 0.3) is 0 Å². The summed E-state index contributed by atoms with van der Waals surface area (Å²) in [7, 11) is 1.26. The molecule has 1 saturated carbocycles. The van der Waals surface area contributed by atoms with Crippen molar-refractivity contribution in [2.24, 2.45) is 23.3 Å². The van der Waals surface area contributed by atoms with Crippen LogP contribution in [0, 0.1) is 11.8 Å². The predicted molar refractivity (Wildman–Crippen MR) is 138 cm³/mol. The molecule has 0 spiro atoms. The number of hydrogen-bond donors (Lipinski definition) is 5. The van der Waals surface area contributed by atoms with Crippen molar-refractivity contribution in [3.8, 4) is 0 Å². The average Bonchev–Trinajstić information content (AvgIpc) is 3.39. The highest BCUT2D eigenvalue weighted by Gasteiger charge is 2.41. The van der Waals surface area contributed by atoms with Crippen LogP contribution in [0.5, 0.6) is 0 Å². The fourth-order valence-corrected chi connectivity index (χ4v) is 3.74. The summed E-state index contributed by atoms with van der Waals surface area (Å²) in [5.74, 6) is 0.125. The van der Waals surface area contributed by atoms with Crippen molar-refractivity contribution in [3.05, 3.63) is 35.4 Å². The van der Waals surface area contributed by atoms with Crippen molar-refractivity contribution < 1.29 is 19.1 Å². The molecule has 0 heterocycles. The van der Waals surface area contributed by atoms with Crippen LogP contribution in [0.15, 0.2) is 24.3 Å². The highest BCUT2D eigenvalue weighted by molar-refractivity contribution is 5.86. The quantitative estimate of drug-likeness (QED) is 0.370. The van der Waals surface area contributed by atoms with Gasteiger partial charge in [-0.25, -0.2) is 4.79 Å². The Balaban J connectivity index is 0.000000328. The number of rotatable bonds is 7. The van der Waals surface area contributed by atoms with Crippen molar-refractivity contribution in [1.82, 2.24) is 16.0 Å². The van der Waals surface area contributed by atoms with E-state index in [0.29, 0.717) is 12.3 Å². The minimum atomic E-state index is -0.617. The molecule has 1 aromatic rings. The van der Waals surface area contributed by atoms with E-state index in [9.17, 15) is 14.4 Å². The molecule has 1 aromatic carbocycles. The topological polar surface area (TPSA) is 149 Å². The number of hydrogen-bond acceptors (Lipinski definition) is 6. The minimum Gasteiger partial charge on any atom is -0.453 e. The maximum Gasteiger partial charge on any atom is 0.407 e. The Hall–Kier alpha value is -2.65. The molecule has 35 heavy (non-hydrogen) atoms. The van der Waals surface area contributed by atoms with Gasteiger partial charge in [-0.3, -0.25) is 9.59 Å². The number of alkyl carbamates (subject to hydrolysis) is 1. The number of ether oxygens (including phenoxy) is 1. The zero-order valence-corrected chi connectivity index (χ0v) is 22.4. The largest absolute Gasteiger partial charge is 0.453 e. The number of nitrogens with two attached hydrogens (primary N) is 2. The molecule has 0 saturated heterocycles. The molecule has 1 fully saturated rings. The van der Waals surface area contributed by atoms with Crippen molar-refractivity contribution >= 4 is 17.9 Å². The first-order valence-corrected chi connectivity index (χ1v) is 12.5. The van der Waals surface area contributed by atoms with E-state index in [4.69, 9.17) is 11.5 Å². The Morgan fingerprint density at radius 2 is 1.46 bits per heavy atom.